The number of aromatic nitrogens is 2. The summed E-state index contributed by atoms with van der Waals surface area (Å²) >= 11 is 0. The lowest BCUT2D eigenvalue weighted by Gasteiger charge is -2.34. The zero-order chi connectivity index (χ0) is 20.1. The van der Waals surface area contributed by atoms with E-state index in [1.807, 2.05) is 24.3 Å². The van der Waals surface area contributed by atoms with Gasteiger partial charge in [0.2, 0.25) is 0 Å². The fourth-order valence-electron chi connectivity index (χ4n) is 3.62. The molecule has 1 saturated heterocycles. The van der Waals surface area contributed by atoms with Crippen LogP contribution >= 0.6 is 0 Å². The molecule has 0 radical (unpaired) electrons. The molecule has 1 amide bonds. The van der Waals surface area contributed by atoms with Crippen LogP contribution in [0.1, 0.15) is 28.5 Å². The van der Waals surface area contributed by atoms with E-state index in [1.165, 1.54) is 11.8 Å². The number of nitrogens with zero attached hydrogens (tertiary/aromatic N) is 4. The Bertz CT molecular complexity index is 964. The number of amides is 1. The number of para-hydroxylation sites is 2. The van der Waals surface area contributed by atoms with Gasteiger partial charge in [-0.2, -0.15) is 0 Å². The predicted octanol–water partition coefficient (Wildman–Crippen LogP) is 2.70. The van der Waals surface area contributed by atoms with Crippen molar-refractivity contribution < 1.29 is 4.79 Å². The lowest BCUT2D eigenvalue weighted by atomic mass is 10.1. The van der Waals surface area contributed by atoms with E-state index in [9.17, 15) is 4.79 Å². The molecular formula is C23H27N5O. The average molecular weight is 390 g/mol. The summed E-state index contributed by atoms with van der Waals surface area (Å²) in [4.78, 5) is 26.1. The minimum Gasteiger partial charge on any atom is -0.347 e. The van der Waals surface area contributed by atoms with E-state index in [0.717, 1.165) is 55.9 Å². The number of likely N-dealkylation sites (N-methyl/N-ethyl adjacent to an activating group) is 1. The van der Waals surface area contributed by atoms with Gasteiger partial charge in [-0.15, -0.1) is 0 Å². The van der Waals surface area contributed by atoms with Gasteiger partial charge in [0.05, 0.1) is 17.2 Å². The fourth-order valence-corrected chi connectivity index (χ4v) is 3.62. The molecule has 1 fully saturated rings. The predicted molar refractivity (Wildman–Crippen MR) is 115 cm³/mol. The molecule has 2 aromatic carbocycles. The maximum atomic E-state index is 12.4. The Morgan fingerprint density at radius 1 is 0.931 bits per heavy atom. The van der Waals surface area contributed by atoms with Gasteiger partial charge in [-0.1, -0.05) is 43.3 Å². The molecular weight excluding hydrogens is 362 g/mol. The Hall–Kier alpha value is -2.83. The molecule has 1 aliphatic heterocycles. The first-order valence-electron chi connectivity index (χ1n) is 10.2. The van der Waals surface area contributed by atoms with Crippen LogP contribution in [0, 0.1) is 0 Å². The molecule has 0 aliphatic carbocycles. The summed E-state index contributed by atoms with van der Waals surface area (Å²) in [7, 11) is 0. The van der Waals surface area contributed by atoms with Gasteiger partial charge >= 0.3 is 0 Å². The van der Waals surface area contributed by atoms with E-state index >= 15 is 0 Å². The maximum Gasteiger partial charge on any atom is 0.271 e. The average Bonchev–Trinajstić information content (AvgIpc) is 2.78. The number of piperazine rings is 1. The van der Waals surface area contributed by atoms with Crippen molar-refractivity contribution in [2.24, 2.45) is 0 Å². The summed E-state index contributed by atoms with van der Waals surface area (Å²) in [6, 6.07) is 16.0. The van der Waals surface area contributed by atoms with Crippen LogP contribution in [0.5, 0.6) is 0 Å². The largest absolute Gasteiger partial charge is 0.347 e. The van der Waals surface area contributed by atoms with Crippen LogP contribution in [-0.4, -0.2) is 58.4 Å². The van der Waals surface area contributed by atoms with Gasteiger partial charge in [-0.3, -0.25) is 14.7 Å². The van der Waals surface area contributed by atoms with E-state index in [-0.39, 0.29) is 5.91 Å². The Labute approximate surface area is 171 Å². The second kappa shape index (κ2) is 9.11. The van der Waals surface area contributed by atoms with Crippen LogP contribution in [0.2, 0.25) is 0 Å². The molecule has 2 heterocycles. The van der Waals surface area contributed by atoms with Crippen molar-refractivity contribution in [2.75, 3.05) is 32.7 Å². The molecule has 6 heteroatoms. The zero-order valence-electron chi connectivity index (χ0n) is 16.8. The maximum absolute atomic E-state index is 12.4. The van der Waals surface area contributed by atoms with Crippen molar-refractivity contribution in [3.8, 4) is 0 Å². The molecule has 0 bridgehead atoms. The van der Waals surface area contributed by atoms with Crippen molar-refractivity contribution in [3.63, 3.8) is 0 Å². The molecule has 0 atom stereocenters. The topological polar surface area (TPSA) is 61.4 Å². The van der Waals surface area contributed by atoms with Gasteiger partial charge < -0.3 is 10.2 Å². The van der Waals surface area contributed by atoms with Crippen molar-refractivity contribution >= 4 is 16.9 Å². The highest BCUT2D eigenvalue weighted by molar-refractivity contribution is 5.93. The number of rotatable bonds is 6. The van der Waals surface area contributed by atoms with E-state index in [2.05, 4.69) is 56.3 Å². The van der Waals surface area contributed by atoms with Crippen LogP contribution < -0.4 is 5.32 Å². The Morgan fingerprint density at radius 2 is 1.59 bits per heavy atom. The van der Waals surface area contributed by atoms with Crippen LogP contribution in [0.3, 0.4) is 0 Å². The third-order valence-corrected chi connectivity index (χ3v) is 5.48. The summed E-state index contributed by atoms with van der Waals surface area (Å²) in [5, 5.41) is 2.93. The summed E-state index contributed by atoms with van der Waals surface area (Å²) < 4.78 is 0. The molecule has 1 aliphatic rings. The quantitative estimate of drug-likeness (QED) is 0.702. The first-order valence-corrected chi connectivity index (χ1v) is 10.2. The van der Waals surface area contributed by atoms with Gasteiger partial charge in [0.15, 0.2) is 0 Å². The fraction of sp³-hybridized carbons (Fsp3) is 0.348. The molecule has 0 unspecified atom stereocenters. The summed E-state index contributed by atoms with van der Waals surface area (Å²) in [6.07, 6.45) is 1.53. The Morgan fingerprint density at radius 3 is 2.31 bits per heavy atom. The van der Waals surface area contributed by atoms with E-state index < -0.39 is 0 Å². The first-order chi connectivity index (χ1) is 14.2. The van der Waals surface area contributed by atoms with Crippen molar-refractivity contribution in [1.29, 1.82) is 0 Å². The standard InChI is InChI=1S/C23H27N5O/c1-2-27-11-13-28(14-12-27)17-19-9-7-18(8-10-19)15-25-23(29)22-16-24-20-5-3-4-6-21(20)26-22/h3-10,16H,2,11-15,17H2,1H3,(H,25,29). The van der Waals surface area contributed by atoms with E-state index in [1.54, 1.807) is 0 Å². The van der Waals surface area contributed by atoms with Gasteiger partial charge in [0.1, 0.15) is 5.69 Å². The molecule has 6 nitrogen and oxygen atoms in total. The number of carbonyl (C=O) groups excluding carboxylic acids is 1. The highest BCUT2D eigenvalue weighted by Gasteiger charge is 2.15. The lowest BCUT2D eigenvalue weighted by molar-refractivity contribution is 0.0946. The SMILES string of the molecule is CCN1CCN(Cc2ccc(CNC(=O)c3cnc4ccccc4n3)cc2)CC1. The third kappa shape index (κ3) is 4.96. The molecule has 3 aromatic rings. The smallest absolute Gasteiger partial charge is 0.271 e. The molecule has 1 aromatic heterocycles. The molecule has 0 saturated carbocycles. The molecule has 1 N–H and O–H groups in total. The third-order valence-electron chi connectivity index (χ3n) is 5.48. The molecule has 0 spiro atoms. The summed E-state index contributed by atoms with van der Waals surface area (Å²) in [6.45, 7) is 9.37. The van der Waals surface area contributed by atoms with Crippen LogP contribution in [0.15, 0.2) is 54.7 Å². The molecule has 150 valence electrons. The normalized spacial score (nSPS) is 15.5. The van der Waals surface area contributed by atoms with Crippen molar-refractivity contribution in [2.45, 2.75) is 20.0 Å². The highest BCUT2D eigenvalue weighted by Crippen LogP contribution is 2.11. The Balaban J connectivity index is 1.30. The number of nitrogens with one attached hydrogen (secondary N) is 1. The summed E-state index contributed by atoms with van der Waals surface area (Å²) in [5.74, 6) is -0.207. The first kappa shape index (κ1) is 19.5. The highest BCUT2D eigenvalue weighted by atomic mass is 16.1. The Kier molecular flexibility index (Phi) is 6.12. The van der Waals surface area contributed by atoms with Gasteiger partial charge in [0, 0.05) is 39.3 Å². The zero-order valence-corrected chi connectivity index (χ0v) is 16.8. The van der Waals surface area contributed by atoms with Crippen LogP contribution in [-0.2, 0) is 13.1 Å². The van der Waals surface area contributed by atoms with E-state index in [4.69, 9.17) is 0 Å². The van der Waals surface area contributed by atoms with Gasteiger partial charge in [0.25, 0.3) is 5.91 Å². The van der Waals surface area contributed by atoms with Crippen LogP contribution in [0.25, 0.3) is 11.0 Å². The minimum atomic E-state index is -0.207. The van der Waals surface area contributed by atoms with Crippen molar-refractivity contribution in [1.82, 2.24) is 25.1 Å². The number of hydrogen-bond acceptors (Lipinski definition) is 5. The summed E-state index contributed by atoms with van der Waals surface area (Å²) in [5.41, 5.74) is 4.24. The van der Waals surface area contributed by atoms with Gasteiger partial charge in [-0.25, -0.2) is 4.98 Å². The number of hydrogen-bond donors (Lipinski definition) is 1. The second-order valence-electron chi connectivity index (χ2n) is 7.45. The van der Waals surface area contributed by atoms with Crippen molar-refractivity contribution in [3.05, 3.63) is 71.5 Å². The number of fused-ring (bicyclic) bond motifs is 1. The monoisotopic (exact) mass is 389 g/mol. The molecule has 4 rings (SSSR count). The van der Waals surface area contributed by atoms with Crippen LogP contribution in [0.4, 0.5) is 0 Å². The second-order valence-corrected chi connectivity index (χ2v) is 7.45. The molecule has 29 heavy (non-hydrogen) atoms. The number of carbonyl (C=O) groups is 1. The van der Waals surface area contributed by atoms with E-state index in [0.29, 0.717) is 12.2 Å². The number of benzene rings is 2. The lowest BCUT2D eigenvalue weighted by Crippen LogP contribution is -2.45. The minimum absolute atomic E-state index is 0.207. The van der Waals surface area contributed by atoms with Gasteiger partial charge in [-0.05, 0) is 29.8 Å².